The van der Waals surface area contributed by atoms with E-state index in [-0.39, 0.29) is 24.3 Å². The number of carbonyl (C=O) groups is 1. The van der Waals surface area contributed by atoms with Crippen LogP contribution >= 0.6 is 0 Å². The largest absolute Gasteiger partial charge is 0.375 e. The summed E-state index contributed by atoms with van der Waals surface area (Å²) < 4.78 is 15.2. The second kappa shape index (κ2) is 6.72. The molecule has 1 amide bonds. The average molecular weight is 354 g/mol. The summed E-state index contributed by atoms with van der Waals surface area (Å²) in [6.45, 7) is 2.08. The Bertz CT molecular complexity index is 946. The van der Waals surface area contributed by atoms with Crippen LogP contribution in [0.2, 0.25) is 0 Å². The maximum absolute atomic E-state index is 12.4. The molecule has 3 aromatic rings. The third-order valence-electron chi connectivity index (χ3n) is 4.47. The minimum Gasteiger partial charge on any atom is -0.375 e. The third kappa shape index (κ3) is 2.99. The maximum Gasteiger partial charge on any atom is 0.290 e. The molecule has 0 spiro atoms. The molecular formula is C18H18N4O4. The van der Waals surface area contributed by atoms with Crippen molar-refractivity contribution in [3.8, 4) is 11.4 Å². The molecule has 1 aliphatic carbocycles. The van der Waals surface area contributed by atoms with E-state index in [1.807, 2.05) is 18.2 Å². The highest BCUT2D eigenvalue weighted by Gasteiger charge is 2.27. The van der Waals surface area contributed by atoms with Crippen molar-refractivity contribution in [3.63, 3.8) is 0 Å². The van der Waals surface area contributed by atoms with Crippen LogP contribution < -0.4 is 5.32 Å². The Morgan fingerprint density at radius 2 is 2.27 bits per heavy atom. The van der Waals surface area contributed by atoms with E-state index >= 15 is 0 Å². The number of amides is 1. The molecule has 8 heteroatoms. The number of rotatable bonds is 5. The van der Waals surface area contributed by atoms with Crippen LogP contribution in [0.1, 0.15) is 45.6 Å². The van der Waals surface area contributed by atoms with E-state index in [9.17, 15) is 4.79 Å². The lowest BCUT2D eigenvalue weighted by atomic mass is 10.0. The average Bonchev–Trinajstić information content (AvgIpc) is 3.35. The van der Waals surface area contributed by atoms with E-state index in [2.05, 4.69) is 20.6 Å². The smallest absolute Gasteiger partial charge is 0.290 e. The summed E-state index contributed by atoms with van der Waals surface area (Å²) in [5.41, 5.74) is 3.87. The first-order chi connectivity index (χ1) is 12.7. The van der Waals surface area contributed by atoms with Gasteiger partial charge in [0.25, 0.3) is 11.8 Å². The highest BCUT2D eigenvalue weighted by Crippen LogP contribution is 2.34. The molecule has 134 valence electrons. The number of hydrogen-bond donors (Lipinski definition) is 1. The monoisotopic (exact) mass is 354 g/mol. The molecule has 0 saturated heterocycles. The van der Waals surface area contributed by atoms with E-state index in [1.54, 1.807) is 14.0 Å². The molecule has 8 nitrogen and oxygen atoms in total. The molecule has 0 radical (unpaired) electrons. The van der Waals surface area contributed by atoms with Gasteiger partial charge in [0.1, 0.15) is 6.61 Å². The minimum atomic E-state index is -0.246. The standard InChI is InChI=1S/C18H18N4O4/c1-10-8-19-26-16(10)18(23)20-14-6-4-11-7-12(3-5-13(11)14)17-21-15(9-24-2)25-22-17/h3,5,7-8,14H,4,6,9H2,1-2H3,(H,20,23)/t14-/m1/s1. The number of fused-ring (bicyclic) bond motifs is 1. The van der Waals surface area contributed by atoms with Crippen LogP contribution in [0.5, 0.6) is 0 Å². The van der Waals surface area contributed by atoms with Crippen molar-refractivity contribution in [2.75, 3.05) is 7.11 Å². The molecule has 1 aliphatic rings. The Balaban J connectivity index is 1.52. The molecule has 0 bridgehead atoms. The number of ether oxygens (including phenoxy) is 1. The van der Waals surface area contributed by atoms with Crippen molar-refractivity contribution in [1.29, 1.82) is 0 Å². The van der Waals surface area contributed by atoms with Gasteiger partial charge in [-0.1, -0.05) is 22.4 Å². The first-order valence-electron chi connectivity index (χ1n) is 8.32. The summed E-state index contributed by atoms with van der Waals surface area (Å²) in [5, 5.41) is 10.7. The predicted molar refractivity (Wildman–Crippen MR) is 90.2 cm³/mol. The first kappa shape index (κ1) is 16.5. The van der Waals surface area contributed by atoms with Gasteiger partial charge in [-0.2, -0.15) is 4.98 Å². The molecule has 2 heterocycles. The van der Waals surface area contributed by atoms with Gasteiger partial charge < -0.3 is 19.1 Å². The molecule has 0 fully saturated rings. The van der Waals surface area contributed by atoms with Crippen LogP contribution in [0.4, 0.5) is 0 Å². The molecule has 0 unspecified atom stereocenters. The first-order valence-corrected chi connectivity index (χ1v) is 8.32. The van der Waals surface area contributed by atoms with Crippen molar-refractivity contribution in [2.24, 2.45) is 0 Å². The van der Waals surface area contributed by atoms with E-state index in [1.165, 1.54) is 11.8 Å². The number of nitrogens with zero attached hydrogens (tertiary/aromatic N) is 3. The highest BCUT2D eigenvalue weighted by atomic mass is 16.5. The van der Waals surface area contributed by atoms with E-state index < -0.39 is 0 Å². The van der Waals surface area contributed by atoms with Gasteiger partial charge in [0, 0.05) is 18.2 Å². The van der Waals surface area contributed by atoms with Gasteiger partial charge >= 0.3 is 0 Å². The molecule has 2 aromatic heterocycles. The molecule has 0 aliphatic heterocycles. The molecule has 26 heavy (non-hydrogen) atoms. The van der Waals surface area contributed by atoms with Gasteiger partial charge in [-0.3, -0.25) is 4.79 Å². The zero-order valence-corrected chi connectivity index (χ0v) is 14.5. The van der Waals surface area contributed by atoms with Crippen LogP contribution in [0, 0.1) is 6.92 Å². The van der Waals surface area contributed by atoms with E-state index in [0.29, 0.717) is 11.7 Å². The van der Waals surface area contributed by atoms with Gasteiger partial charge in [0.15, 0.2) is 0 Å². The van der Waals surface area contributed by atoms with Crippen LogP contribution in [0.3, 0.4) is 0 Å². The summed E-state index contributed by atoms with van der Waals surface area (Å²) in [6, 6.07) is 5.93. The van der Waals surface area contributed by atoms with Gasteiger partial charge in [-0.05, 0) is 37.0 Å². The molecule has 1 atom stereocenters. The van der Waals surface area contributed by atoms with Crippen molar-refractivity contribution in [1.82, 2.24) is 20.6 Å². The fourth-order valence-corrected chi connectivity index (χ4v) is 3.19. The van der Waals surface area contributed by atoms with Gasteiger partial charge in [0.2, 0.25) is 11.6 Å². The molecule has 1 N–H and O–H groups in total. The molecule has 4 rings (SSSR count). The van der Waals surface area contributed by atoms with Crippen LogP contribution in [0.25, 0.3) is 11.4 Å². The summed E-state index contributed by atoms with van der Waals surface area (Å²) in [6.07, 6.45) is 3.23. The Morgan fingerprint density at radius 1 is 1.38 bits per heavy atom. The normalized spacial score (nSPS) is 15.8. The number of methoxy groups -OCH3 is 1. The summed E-state index contributed by atoms with van der Waals surface area (Å²) in [7, 11) is 1.58. The Morgan fingerprint density at radius 3 is 3.04 bits per heavy atom. The number of nitrogens with one attached hydrogen (secondary N) is 1. The fourth-order valence-electron chi connectivity index (χ4n) is 3.19. The molecule has 1 aromatic carbocycles. The fraction of sp³-hybridized carbons (Fsp3) is 0.333. The van der Waals surface area contributed by atoms with Crippen molar-refractivity contribution in [2.45, 2.75) is 32.4 Å². The number of hydrogen-bond acceptors (Lipinski definition) is 7. The second-order valence-electron chi connectivity index (χ2n) is 6.26. The summed E-state index contributed by atoms with van der Waals surface area (Å²) in [4.78, 5) is 16.7. The van der Waals surface area contributed by atoms with Gasteiger partial charge in [-0.15, -0.1) is 0 Å². The Labute approximate surface area is 149 Å². The topological polar surface area (TPSA) is 103 Å². The summed E-state index contributed by atoms with van der Waals surface area (Å²) >= 11 is 0. The molecular weight excluding hydrogens is 336 g/mol. The van der Waals surface area contributed by atoms with Crippen molar-refractivity contribution in [3.05, 3.63) is 52.7 Å². The van der Waals surface area contributed by atoms with Crippen LogP contribution in [-0.2, 0) is 17.8 Å². The zero-order chi connectivity index (χ0) is 18.1. The number of carbonyl (C=O) groups excluding carboxylic acids is 1. The number of aromatic nitrogens is 3. The van der Waals surface area contributed by atoms with E-state index in [0.717, 1.165) is 29.5 Å². The van der Waals surface area contributed by atoms with Crippen molar-refractivity contribution < 1.29 is 18.6 Å². The highest BCUT2D eigenvalue weighted by molar-refractivity contribution is 5.93. The third-order valence-corrected chi connectivity index (χ3v) is 4.47. The van der Waals surface area contributed by atoms with E-state index in [4.69, 9.17) is 13.8 Å². The second-order valence-corrected chi connectivity index (χ2v) is 6.26. The number of benzene rings is 1. The minimum absolute atomic E-state index is 0.0506. The van der Waals surface area contributed by atoms with Gasteiger partial charge in [-0.25, -0.2) is 0 Å². The zero-order valence-electron chi connectivity index (χ0n) is 14.5. The van der Waals surface area contributed by atoms with Gasteiger partial charge in [0.05, 0.1) is 12.2 Å². The Hall–Kier alpha value is -3.00. The molecule has 0 saturated carbocycles. The lowest BCUT2D eigenvalue weighted by Crippen LogP contribution is -2.27. The van der Waals surface area contributed by atoms with Crippen LogP contribution in [0.15, 0.2) is 33.4 Å². The lowest BCUT2D eigenvalue weighted by molar-refractivity contribution is 0.0898. The SMILES string of the molecule is COCc1nc(-c2ccc3c(c2)CC[C@H]3NC(=O)c2oncc2C)no1. The maximum atomic E-state index is 12.4. The lowest BCUT2D eigenvalue weighted by Gasteiger charge is -2.13. The number of aryl methyl sites for hydroxylation is 2. The predicted octanol–water partition coefficient (Wildman–Crippen LogP) is 2.60. The Kier molecular flexibility index (Phi) is 4.26. The van der Waals surface area contributed by atoms with Crippen LogP contribution in [-0.4, -0.2) is 28.3 Å². The van der Waals surface area contributed by atoms with Crippen molar-refractivity contribution >= 4 is 5.91 Å². The summed E-state index contributed by atoms with van der Waals surface area (Å²) in [5.74, 6) is 0.983. The quantitative estimate of drug-likeness (QED) is 0.751.